The van der Waals surface area contributed by atoms with E-state index in [2.05, 4.69) is 204 Å². The molecule has 14 rings (SSSR count). The molecular weight excluding hydrogens is 1130 g/mol. The predicted molar refractivity (Wildman–Crippen MR) is 374 cm³/mol. The monoisotopic (exact) mass is 1200 g/mol. The third-order valence-corrected chi connectivity index (χ3v) is 18.9. The van der Waals surface area contributed by atoms with Gasteiger partial charge in [-0.05, 0) is 241 Å². The lowest BCUT2D eigenvalue weighted by Crippen LogP contribution is -2.34. The van der Waals surface area contributed by atoms with Crippen molar-refractivity contribution in [2.45, 2.75) is 72.1 Å². The van der Waals surface area contributed by atoms with Gasteiger partial charge in [-0.25, -0.2) is 13.2 Å². The van der Waals surface area contributed by atoms with Gasteiger partial charge in [0.1, 0.15) is 17.5 Å². The van der Waals surface area contributed by atoms with Gasteiger partial charge in [-0.1, -0.05) is 185 Å². The van der Waals surface area contributed by atoms with E-state index in [9.17, 15) is 13.2 Å². The van der Waals surface area contributed by atoms with Gasteiger partial charge in [-0.2, -0.15) is 0 Å². The summed E-state index contributed by atoms with van der Waals surface area (Å²) in [6.07, 6.45) is 7.69. The van der Waals surface area contributed by atoms with Crippen LogP contribution < -0.4 is 0 Å². The number of rotatable bonds is 12. The van der Waals surface area contributed by atoms with Crippen LogP contribution in [0.1, 0.15) is 68.4 Å². The number of halogens is 3. The normalized spacial score (nSPS) is 13.2. The predicted octanol–water partition coefficient (Wildman–Crippen LogP) is 23.6. The minimum absolute atomic E-state index is 0.0542. The van der Waals surface area contributed by atoms with E-state index in [1.54, 1.807) is 36.4 Å². The topological polar surface area (TPSA) is 38.7 Å². The molecule has 0 saturated heterocycles. The molecule has 1 aliphatic carbocycles. The zero-order valence-corrected chi connectivity index (χ0v) is 52.7. The molecule has 0 spiro atoms. The Hall–Kier alpha value is -10.6. The maximum absolute atomic E-state index is 14.4. The van der Waals surface area contributed by atoms with Gasteiger partial charge in [-0.3, -0.25) is 15.0 Å². The quantitative estimate of drug-likeness (QED) is 0.122. The van der Waals surface area contributed by atoms with Gasteiger partial charge >= 0.3 is 0 Å². The lowest BCUT2D eigenvalue weighted by atomic mass is 9.62. The fraction of sp³-hybridized carbons (Fsp3) is 0.128. The maximum atomic E-state index is 14.4. The van der Waals surface area contributed by atoms with E-state index in [0.717, 1.165) is 163 Å². The van der Waals surface area contributed by atoms with E-state index in [1.165, 1.54) is 29.3 Å². The Labute approximate surface area is 537 Å². The van der Waals surface area contributed by atoms with Crippen LogP contribution in [0.2, 0.25) is 0 Å². The zero-order chi connectivity index (χ0) is 63.4. The summed E-state index contributed by atoms with van der Waals surface area (Å²) in [4.78, 5) is 14.7. The van der Waals surface area contributed by atoms with Gasteiger partial charge < -0.3 is 0 Å². The summed E-state index contributed by atoms with van der Waals surface area (Å²) in [5, 5.41) is 0. The van der Waals surface area contributed by atoms with Gasteiger partial charge in [0.05, 0.1) is 17.1 Å². The van der Waals surface area contributed by atoms with Crippen molar-refractivity contribution in [2.75, 3.05) is 0 Å². The molecule has 0 aliphatic heterocycles. The summed E-state index contributed by atoms with van der Waals surface area (Å²) in [6, 6.07) is 82.0. The number of pyridine rings is 3. The number of benzene rings is 10. The molecule has 3 nitrogen and oxygen atoms in total. The second-order valence-corrected chi connectivity index (χ2v) is 26.0. The van der Waals surface area contributed by atoms with Gasteiger partial charge in [0.15, 0.2) is 0 Å². The van der Waals surface area contributed by atoms with Crippen LogP contribution >= 0.6 is 0 Å². The van der Waals surface area contributed by atoms with Crippen molar-refractivity contribution in [2.24, 2.45) is 0 Å². The van der Waals surface area contributed by atoms with Crippen molar-refractivity contribution in [3.05, 3.63) is 307 Å². The number of hydrogen-bond acceptors (Lipinski definition) is 3. The Morgan fingerprint density at radius 3 is 0.826 bits per heavy atom. The molecule has 0 unspecified atom stereocenters. The van der Waals surface area contributed by atoms with Gasteiger partial charge in [0.25, 0.3) is 0 Å². The molecule has 0 amide bonds. The molecule has 0 radical (unpaired) electrons. The van der Waals surface area contributed by atoms with Crippen molar-refractivity contribution in [3.63, 3.8) is 0 Å². The summed E-state index contributed by atoms with van der Waals surface area (Å²) < 4.78 is 43.0. The summed E-state index contributed by atoms with van der Waals surface area (Å²) in [5.41, 5.74) is 29.5. The molecule has 0 N–H and O–H groups in total. The summed E-state index contributed by atoms with van der Waals surface area (Å²) in [5.74, 6) is -0.819. The molecule has 0 fully saturated rings. The van der Waals surface area contributed by atoms with Crippen LogP contribution in [0.3, 0.4) is 0 Å². The van der Waals surface area contributed by atoms with Crippen molar-refractivity contribution in [1.29, 1.82) is 0 Å². The largest absolute Gasteiger partial charge is 0.256 e. The Morgan fingerprint density at radius 1 is 0.250 bits per heavy atom. The van der Waals surface area contributed by atoms with Crippen LogP contribution in [0, 0.1) is 38.2 Å². The molecule has 3 heterocycles. The van der Waals surface area contributed by atoms with Crippen LogP contribution in [-0.4, -0.2) is 15.0 Å². The first kappa shape index (κ1) is 59.1. The maximum Gasteiger partial charge on any atom is 0.123 e. The molecule has 92 heavy (non-hydrogen) atoms. The molecule has 6 heteroatoms. The van der Waals surface area contributed by atoms with Crippen LogP contribution in [-0.2, 0) is 10.8 Å². The average Bonchev–Trinajstić information content (AvgIpc) is 0.762. The fourth-order valence-electron chi connectivity index (χ4n) is 13.6. The summed E-state index contributed by atoms with van der Waals surface area (Å²) in [7, 11) is 0. The van der Waals surface area contributed by atoms with Crippen molar-refractivity contribution >= 4 is 0 Å². The third-order valence-electron chi connectivity index (χ3n) is 18.9. The average molecular weight is 1200 g/mol. The SMILES string of the molecule is Cc1cc(-c2ccc(-c3ccccc3-c3cc(-c4ccccc4-c4ccc(-c5cc(C)c(-c6cccc(F)c6)cn5)cc4)cc(-c4cc5c(cc4-c4ccc(-c6cc(C)c(-c7cccc(F)c7)cn6)cc4)C(C)(C)CCC5(C)C)c3)cc2)ncc1-c1cccc(F)c1. The Morgan fingerprint density at radius 2 is 0.522 bits per heavy atom. The van der Waals surface area contributed by atoms with Crippen LogP contribution in [0.4, 0.5) is 13.2 Å². The lowest BCUT2D eigenvalue weighted by molar-refractivity contribution is 0.332. The highest BCUT2D eigenvalue weighted by Gasteiger charge is 2.38. The number of hydrogen-bond donors (Lipinski definition) is 0. The first-order chi connectivity index (χ1) is 44.5. The second-order valence-electron chi connectivity index (χ2n) is 26.0. The van der Waals surface area contributed by atoms with Crippen LogP contribution in [0.15, 0.2) is 261 Å². The Balaban J connectivity index is 0.902. The molecule has 1 aliphatic rings. The molecule has 0 atom stereocenters. The summed E-state index contributed by atoms with van der Waals surface area (Å²) in [6.45, 7) is 15.7. The highest BCUT2D eigenvalue weighted by atomic mass is 19.1. The van der Waals surface area contributed by atoms with Crippen molar-refractivity contribution in [3.8, 4) is 134 Å². The number of nitrogens with zero attached hydrogens (tertiary/aromatic N) is 3. The molecule has 0 saturated carbocycles. The number of aryl methyl sites for hydroxylation is 3. The smallest absolute Gasteiger partial charge is 0.123 e. The van der Waals surface area contributed by atoms with E-state index in [4.69, 9.17) is 15.0 Å². The number of fused-ring (bicyclic) bond motifs is 1. The van der Waals surface area contributed by atoms with Crippen molar-refractivity contribution < 1.29 is 13.2 Å². The van der Waals surface area contributed by atoms with E-state index >= 15 is 0 Å². The van der Waals surface area contributed by atoms with Gasteiger partial charge in [-0.15, -0.1) is 0 Å². The van der Waals surface area contributed by atoms with E-state index < -0.39 is 0 Å². The molecular formula is C86H68F3N3. The molecule has 0 bridgehead atoms. The zero-order valence-electron chi connectivity index (χ0n) is 52.7. The molecule has 3 aromatic heterocycles. The second kappa shape index (κ2) is 24.0. The fourth-order valence-corrected chi connectivity index (χ4v) is 13.6. The van der Waals surface area contributed by atoms with E-state index in [0.29, 0.717) is 0 Å². The van der Waals surface area contributed by atoms with Crippen LogP contribution in [0.25, 0.3) is 134 Å². The van der Waals surface area contributed by atoms with E-state index in [1.807, 2.05) is 50.6 Å². The Kier molecular flexibility index (Phi) is 15.4. The van der Waals surface area contributed by atoms with Crippen molar-refractivity contribution in [1.82, 2.24) is 15.0 Å². The first-order valence-electron chi connectivity index (χ1n) is 31.5. The van der Waals surface area contributed by atoms with Crippen LogP contribution in [0.5, 0.6) is 0 Å². The molecule has 448 valence electrons. The van der Waals surface area contributed by atoms with Gasteiger partial charge in [0, 0.05) is 52.0 Å². The molecule has 10 aromatic carbocycles. The number of aromatic nitrogens is 3. The van der Waals surface area contributed by atoms with Gasteiger partial charge in [0.2, 0.25) is 0 Å². The van der Waals surface area contributed by atoms with E-state index in [-0.39, 0.29) is 28.3 Å². The minimum atomic E-state index is -0.273. The molecule has 13 aromatic rings. The first-order valence-corrected chi connectivity index (χ1v) is 31.5. The highest BCUT2D eigenvalue weighted by molar-refractivity contribution is 5.95. The summed E-state index contributed by atoms with van der Waals surface area (Å²) >= 11 is 0. The minimum Gasteiger partial charge on any atom is -0.256 e. The lowest BCUT2D eigenvalue weighted by Gasteiger charge is -2.42. The third kappa shape index (κ3) is 11.6. The standard InChI is InChI=1S/C86H68F3N3/c1-53-39-82(90-50-77(53)62-15-12-18-68(87)45-62)59-31-25-56(26-32-59)71-21-8-10-23-73(71)65-42-66(74-24-11-9-22-72(74)57-27-33-60(34-28-57)83-40-54(2)78(51-91-83)63-16-13-19-69(88)46-63)44-67(43-65)76-49-81-80(85(4,5)37-38-86(81,6)7)48-75(76)58-29-35-61(36-30-58)84-41-55(3)79(52-92-84)64-17-14-20-70(89)47-64/h8-36,39-52H,37-38H2,1-7H3. The Bertz CT molecular complexity index is 4780. The highest BCUT2D eigenvalue weighted by Crippen LogP contribution is 2.51.